The van der Waals surface area contributed by atoms with Crippen molar-refractivity contribution < 1.29 is 8.42 Å². The Kier molecular flexibility index (Phi) is 4.05. The first-order chi connectivity index (χ1) is 6.68. The molecule has 0 heterocycles. The summed E-state index contributed by atoms with van der Waals surface area (Å²) >= 11 is 28.0. The van der Waals surface area contributed by atoms with Crippen LogP contribution >= 0.6 is 58.0 Å². The summed E-state index contributed by atoms with van der Waals surface area (Å²) < 4.78 is 22.1. The normalized spacial score (nSPS) is 11.9. The van der Waals surface area contributed by atoms with Gasteiger partial charge in [0.1, 0.15) is 4.90 Å². The summed E-state index contributed by atoms with van der Waals surface area (Å²) in [6, 6.07) is 0. The molecule has 0 amide bonds. The highest BCUT2D eigenvalue weighted by atomic mass is 35.5. The average Bonchev–Trinajstić information content (AvgIpc) is 2.09. The molecular weight excluding hydrogens is 327 g/mol. The van der Waals surface area contributed by atoms with Crippen molar-refractivity contribution in [3.63, 3.8) is 0 Å². The van der Waals surface area contributed by atoms with Crippen molar-refractivity contribution in [1.82, 2.24) is 5.14 Å². The minimum Gasteiger partial charge on any atom is -0.206 e. The van der Waals surface area contributed by atoms with Crippen LogP contribution in [0.4, 0.5) is 0 Å². The maximum absolute atomic E-state index is 11.0. The largest absolute Gasteiger partial charge is 0.257 e. The van der Waals surface area contributed by atoms with Crippen molar-refractivity contribution >= 4 is 68.0 Å². The fourth-order valence-electron chi connectivity index (χ4n) is 0.821. The van der Waals surface area contributed by atoms with Crippen molar-refractivity contribution in [3.8, 4) is 0 Å². The monoisotopic (exact) mass is 326 g/mol. The maximum Gasteiger partial charge on any atom is 0.257 e. The molecule has 1 N–H and O–H groups in total. The Balaban J connectivity index is 3.84. The van der Waals surface area contributed by atoms with E-state index in [1.165, 1.54) is 0 Å². The van der Waals surface area contributed by atoms with E-state index in [1.807, 2.05) is 0 Å². The first-order valence-electron chi connectivity index (χ1n) is 3.19. The SMILES string of the molecule is [NH]S(=O)(=O)c1c(Cl)c(Cl)c(Cl)c(Cl)c1Cl. The molecule has 1 aromatic rings. The summed E-state index contributed by atoms with van der Waals surface area (Å²) in [5, 5.41) is 5.38. The molecule has 83 valence electrons. The Morgan fingerprint density at radius 1 is 0.733 bits per heavy atom. The number of halogens is 5. The van der Waals surface area contributed by atoms with Gasteiger partial charge < -0.3 is 0 Å². The second-order valence-corrected chi connectivity index (χ2v) is 5.71. The first kappa shape index (κ1) is 13.6. The molecule has 0 aliphatic carbocycles. The summed E-state index contributed by atoms with van der Waals surface area (Å²) in [6.07, 6.45) is 0. The van der Waals surface area contributed by atoms with Crippen LogP contribution in [-0.2, 0) is 10.0 Å². The molecule has 0 saturated carbocycles. The molecule has 0 aliphatic rings. The van der Waals surface area contributed by atoms with E-state index in [4.69, 9.17) is 63.1 Å². The summed E-state index contributed by atoms with van der Waals surface area (Å²) in [7, 11) is -4.37. The molecule has 0 spiro atoms. The zero-order chi connectivity index (χ0) is 12.0. The van der Waals surface area contributed by atoms with Gasteiger partial charge in [0.15, 0.2) is 0 Å². The van der Waals surface area contributed by atoms with Crippen LogP contribution in [0.1, 0.15) is 0 Å². The number of hydrogen-bond donors (Lipinski definition) is 0. The van der Waals surface area contributed by atoms with Crippen LogP contribution in [0.5, 0.6) is 0 Å². The maximum atomic E-state index is 11.0. The molecule has 9 heteroatoms. The highest BCUT2D eigenvalue weighted by Gasteiger charge is 2.26. The Morgan fingerprint density at radius 2 is 1.00 bits per heavy atom. The van der Waals surface area contributed by atoms with Gasteiger partial charge in [0, 0.05) is 0 Å². The Hall–Kier alpha value is 0.580. The molecule has 0 atom stereocenters. The lowest BCUT2D eigenvalue weighted by atomic mass is 10.3. The van der Waals surface area contributed by atoms with E-state index in [0.29, 0.717) is 0 Å². The van der Waals surface area contributed by atoms with Gasteiger partial charge in [0.25, 0.3) is 10.0 Å². The highest BCUT2D eigenvalue weighted by Crippen LogP contribution is 2.45. The van der Waals surface area contributed by atoms with Gasteiger partial charge in [-0.2, -0.15) is 0 Å². The van der Waals surface area contributed by atoms with Gasteiger partial charge in [0.2, 0.25) is 0 Å². The minimum atomic E-state index is -4.37. The van der Waals surface area contributed by atoms with Gasteiger partial charge in [-0.25, -0.2) is 8.42 Å². The van der Waals surface area contributed by atoms with E-state index >= 15 is 0 Å². The van der Waals surface area contributed by atoms with Gasteiger partial charge in [-0.1, -0.05) is 58.0 Å². The average molecular weight is 328 g/mol. The van der Waals surface area contributed by atoms with Gasteiger partial charge >= 0.3 is 0 Å². The van der Waals surface area contributed by atoms with Crippen molar-refractivity contribution in [2.75, 3.05) is 0 Å². The van der Waals surface area contributed by atoms with Crippen LogP contribution in [-0.4, -0.2) is 8.42 Å². The summed E-state index contributed by atoms with van der Waals surface area (Å²) in [5.41, 5.74) is 0. The zero-order valence-corrected chi connectivity index (χ0v) is 11.2. The second-order valence-electron chi connectivity index (χ2n) is 2.40. The van der Waals surface area contributed by atoms with Gasteiger partial charge in [0.05, 0.1) is 25.1 Å². The lowest BCUT2D eigenvalue weighted by Crippen LogP contribution is -2.03. The fourth-order valence-corrected chi connectivity index (χ4v) is 3.36. The number of rotatable bonds is 1. The molecule has 0 unspecified atom stereocenters. The van der Waals surface area contributed by atoms with Crippen molar-refractivity contribution in [2.45, 2.75) is 4.90 Å². The molecule has 3 nitrogen and oxygen atoms in total. The molecule has 0 aliphatic heterocycles. The molecule has 1 radical (unpaired) electrons. The third-order valence-electron chi connectivity index (χ3n) is 1.44. The molecule has 0 fully saturated rings. The Labute approximate surface area is 111 Å². The number of sulfonamides is 1. The lowest BCUT2D eigenvalue weighted by Gasteiger charge is -2.09. The zero-order valence-electron chi connectivity index (χ0n) is 6.61. The van der Waals surface area contributed by atoms with E-state index in [2.05, 4.69) is 0 Å². The van der Waals surface area contributed by atoms with E-state index in [0.717, 1.165) is 0 Å². The molecule has 0 bridgehead atoms. The summed E-state index contributed by atoms with van der Waals surface area (Å²) in [4.78, 5) is -0.648. The number of hydrogen-bond acceptors (Lipinski definition) is 2. The highest BCUT2D eigenvalue weighted by molar-refractivity contribution is 7.89. The molecule has 0 saturated heterocycles. The number of nitrogens with one attached hydrogen (secondary N) is 1. The van der Waals surface area contributed by atoms with Gasteiger partial charge in [-0.05, 0) is 0 Å². The van der Waals surface area contributed by atoms with Crippen LogP contribution in [0.15, 0.2) is 4.90 Å². The van der Waals surface area contributed by atoms with Crippen molar-refractivity contribution in [1.29, 1.82) is 0 Å². The van der Waals surface area contributed by atoms with E-state index in [-0.39, 0.29) is 15.1 Å². The molecule has 1 rings (SSSR count). The standard InChI is InChI=1S/C6HCl5NO2S/c7-1-2(8)4(10)6(15(12,13)14)5(11)3(1)9/h12H. The predicted molar refractivity (Wildman–Crippen MR) is 61.8 cm³/mol. The second kappa shape index (κ2) is 4.45. The Morgan fingerprint density at radius 3 is 1.27 bits per heavy atom. The quantitative estimate of drug-likeness (QED) is 0.579. The van der Waals surface area contributed by atoms with E-state index in [9.17, 15) is 8.42 Å². The van der Waals surface area contributed by atoms with Crippen molar-refractivity contribution in [2.24, 2.45) is 0 Å². The summed E-state index contributed by atoms with van der Waals surface area (Å²) in [5.74, 6) is 0. The lowest BCUT2D eigenvalue weighted by molar-refractivity contribution is 0.596. The first-order valence-corrected chi connectivity index (χ1v) is 6.56. The minimum absolute atomic E-state index is 0.152. The molecule has 1 aromatic carbocycles. The van der Waals surface area contributed by atoms with E-state index < -0.39 is 25.0 Å². The molecule has 0 aromatic heterocycles. The topological polar surface area (TPSA) is 57.9 Å². The Bertz CT molecular complexity index is 498. The summed E-state index contributed by atoms with van der Waals surface area (Å²) in [6.45, 7) is 0. The van der Waals surface area contributed by atoms with Gasteiger partial charge in [-0.15, -0.1) is 5.14 Å². The third kappa shape index (κ3) is 2.47. The molecular formula is C6HCl5NO2S. The van der Waals surface area contributed by atoms with E-state index in [1.54, 1.807) is 0 Å². The predicted octanol–water partition coefficient (Wildman–Crippen LogP) is 3.93. The van der Waals surface area contributed by atoms with Crippen LogP contribution in [0.25, 0.3) is 0 Å². The van der Waals surface area contributed by atoms with Crippen molar-refractivity contribution in [3.05, 3.63) is 25.1 Å². The van der Waals surface area contributed by atoms with Crippen LogP contribution in [0.2, 0.25) is 25.1 Å². The third-order valence-corrected chi connectivity index (χ3v) is 4.88. The van der Waals surface area contributed by atoms with Crippen LogP contribution in [0, 0.1) is 0 Å². The smallest absolute Gasteiger partial charge is 0.206 e. The van der Waals surface area contributed by atoms with Crippen LogP contribution < -0.4 is 5.14 Å². The van der Waals surface area contributed by atoms with Crippen LogP contribution in [0.3, 0.4) is 0 Å². The van der Waals surface area contributed by atoms with Gasteiger partial charge in [-0.3, -0.25) is 0 Å². The fraction of sp³-hybridized carbons (Fsp3) is 0. The number of benzene rings is 1. The molecule has 15 heavy (non-hydrogen) atoms.